The van der Waals surface area contributed by atoms with Gasteiger partial charge in [-0.25, -0.2) is 0 Å². The Hall–Kier alpha value is -3.26. The van der Waals surface area contributed by atoms with Crippen molar-refractivity contribution in [1.29, 1.82) is 0 Å². The highest BCUT2D eigenvalue weighted by molar-refractivity contribution is 7.99. The maximum atomic E-state index is 13.1. The summed E-state index contributed by atoms with van der Waals surface area (Å²) >= 11 is 1.45. The number of anilines is 1. The van der Waals surface area contributed by atoms with Gasteiger partial charge >= 0.3 is 0 Å². The zero-order valence-corrected chi connectivity index (χ0v) is 18.0. The molecule has 2 aromatic carbocycles. The van der Waals surface area contributed by atoms with Gasteiger partial charge in [0, 0.05) is 25.2 Å². The van der Waals surface area contributed by atoms with Crippen LogP contribution in [-0.4, -0.2) is 41.6 Å². The average Bonchev–Trinajstić information content (AvgIpc) is 3.22. The molecule has 0 spiro atoms. The predicted molar refractivity (Wildman–Crippen MR) is 120 cm³/mol. The third-order valence-electron chi connectivity index (χ3n) is 4.56. The molecular weight excluding hydrogens is 414 g/mol. The topological polar surface area (TPSA) is 77.7 Å². The molecule has 31 heavy (non-hydrogen) atoms. The fraction of sp³-hybridized carbons (Fsp3) is 0.261. The molecule has 7 nitrogen and oxygen atoms in total. The largest absolute Gasteiger partial charge is 0.486 e. The number of nitrogens with zero attached hydrogens (tertiary/aromatic N) is 3. The number of aromatic nitrogens is 2. The second-order valence-corrected chi connectivity index (χ2v) is 7.85. The summed E-state index contributed by atoms with van der Waals surface area (Å²) in [5.41, 5.74) is 1.85. The highest BCUT2D eigenvalue weighted by Gasteiger charge is 2.19. The summed E-state index contributed by atoms with van der Waals surface area (Å²) in [5, 5.41) is 3.87. The molecule has 0 radical (unpaired) electrons. The van der Waals surface area contributed by atoms with E-state index < -0.39 is 0 Å². The first-order valence-electron chi connectivity index (χ1n) is 9.97. The van der Waals surface area contributed by atoms with E-state index >= 15 is 0 Å². The molecule has 0 unspecified atom stereocenters. The number of fused-ring (bicyclic) bond motifs is 1. The van der Waals surface area contributed by atoms with Crippen molar-refractivity contribution in [1.82, 2.24) is 10.1 Å². The SMILES string of the molecule is Cc1nc(CSCC(=O)N(C/C=C/c2ccccc2)c2ccc3c(c2)OCCO3)no1. The van der Waals surface area contributed by atoms with Crippen molar-refractivity contribution in [2.24, 2.45) is 0 Å². The lowest BCUT2D eigenvalue weighted by Crippen LogP contribution is -2.32. The summed E-state index contributed by atoms with van der Waals surface area (Å²) in [5.74, 6) is 3.25. The Balaban J connectivity index is 1.47. The van der Waals surface area contributed by atoms with E-state index in [4.69, 9.17) is 14.0 Å². The molecule has 1 aromatic heterocycles. The normalized spacial score (nSPS) is 12.8. The van der Waals surface area contributed by atoms with Crippen LogP contribution in [0.5, 0.6) is 11.5 Å². The number of amides is 1. The molecule has 0 saturated heterocycles. The summed E-state index contributed by atoms with van der Waals surface area (Å²) in [6.45, 7) is 3.21. The van der Waals surface area contributed by atoms with E-state index in [1.54, 1.807) is 11.8 Å². The van der Waals surface area contributed by atoms with Crippen LogP contribution in [0.15, 0.2) is 59.1 Å². The first-order valence-corrected chi connectivity index (χ1v) is 11.1. The van der Waals surface area contributed by atoms with Gasteiger partial charge in [-0.3, -0.25) is 4.79 Å². The fourth-order valence-corrected chi connectivity index (χ4v) is 3.85. The summed E-state index contributed by atoms with van der Waals surface area (Å²) in [4.78, 5) is 19.0. The standard InChI is InChI=1S/C23H23N3O4S/c1-17-24-22(25-30-17)15-31-16-23(27)26(11-5-8-18-6-3-2-4-7-18)19-9-10-20-21(14-19)29-13-12-28-20/h2-10,14H,11-13,15-16H2,1H3/b8-5+. The molecule has 1 amide bonds. The Kier molecular flexibility index (Phi) is 6.89. The Morgan fingerprint density at radius 2 is 1.94 bits per heavy atom. The van der Waals surface area contributed by atoms with E-state index in [1.807, 2.05) is 60.7 Å². The van der Waals surface area contributed by atoms with Crippen LogP contribution < -0.4 is 14.4 Å². The summed E-state index contributed by atoms with van der Waals surface area (Å²) < 4.78 is 16.3. The molecule has 8 heteroatoms. The molecule has 0 saturated carbocycles. The van der Waals surface area contributed by atoms with Crippen LogP contribution in [0.25, 0.3) is 6.08 Å². The van der Waals surface area contributed by atoms with Gasteiger partial charge in [0.25, 0.3) is 0 Å². The second kappa shape index (κ2) is 10.2. The van der Waals surface area contributed by atoms with Crippen LogP contribution in [0.3, 0.4) is 0 Å². The summed E-state index contributed by atoms with van der Waals surface area (Å²) in [7, 11) is 0. The fourth-order valence-electron chi connectivity index (χ4n) is 3.12. The lowest BCUT2D eigenvalue weighted by molar-refractivity contribution is -0.116. The average molecular weight is 438 g/mol. The zero-order chi connectivity index (χ0) is 21.5. The molecule has 160 valence electrons. The highest BCUT2D eigenvalue weighted by atomic mass is 32.2. The third-order valence-corrected chi connectivity index (χ3v) is 5.48. The van der Waals surface area contributed by atoms with E-state index in [2.05, 4.69) is 10.1 Å². The van der Waals surface area contributed by atoms with E-state index in [0.29, 0.717) is 54.5 Å². The van der Waals surface area contributed by atoms with Gasteiger partial charge in [-0.05, 0) is 17.7 Å². The van der Waals surface area contributed by atoms with E-state index in [0.717, 1.165) is 11.3 Å². The Bertz CT molecular complexity index is 1050. The second-order valence-electron chi connectivity index (χ2n) is 6.87. The van der Waals surface area contributed by atoms with Gasteiger partial charge in [0.05, 0.1) is 11.5 Å². The molecular formula is C23H23N3O4S. The van der Waals surface area contributed by atoms with Crippen molar-refractivity contribution in [3.8, 4) is 11.5 Å². The predicted octanol–water partition coefficient (Wildman–Crippen LogP) is 4.13. The molecule has 2 heterocycles. The number of ether oxygens (including phenoxy) is 2. The van der Waals surface area contributed by atoms with Crippen LogP contribution in [0.4, 0.5) is 5.69 Å². The molecule has 0 atom stereocenters. The number of aryl methyl sites for hydroxylation is 1. The third kappa shape index (κ3) is 5.67. The van der Waals surface area contributed by atoms with Gasteiger partial charge in [0.1, 0.15) is 13.2 Å². The van der Waals surface area contributed by atoms with Gasteiger partial charge in [0.2, 0.25) is 11.8 Å². The Morgan fingerprint density at radius 1 is 1.13 bits per heavy atom. The van der Waals surface area contributed by atoms with E-state index in [9.17, 15) is 4.79 Å². The van der Waals surface area contributed by atoms with Crippen molar-refractivity contribution >= 4 is 29.4 Å². The van der Waals surface area contributed by atoms with Gasteiger partial charge < -0.3 is 18.9 Å². The smallest absolute Gasteiger partial charge is 0.237 e. The lowest BCUT2D eigenvalue weighted by atomic mass is 10.2. The van der Waals surface area contributed by atoms with E-state index in [1.165, 1.54) is 11.8 Å². The zero-order valence-electron chi connectivity index (χ0n) is 17.2. The van der Waals surface area contributed by atoms with Crippen molar-refractivity contribution in [3.05, 3.63) is 71.9 Å². The molecule has 0 N–H and O–H groups in total. The van der Waals surface area contributed by atoms with E-state index in [-0.39, 0.29) is 5.91 Å². The molecule has 1 aliphatic rings. The minimum Gasteiger partial charge on any atom is -0.486 e. The number of thioether (sulfide) groups is 1. The van der Waals surface area contributed by atoms with Crippen molar-refractivity contribution in [3.63, 3.8) is 0 Å². The maximum Gasteiger partial charge on any atom is 0.237 e. The summed E-state index contributed by atoms with van der Waals surface area (Å²) in [6, 6.07) is 15.6. The number of hydrogen-bond acceptors (Lipinski definition) is 7. The van der Waals surface area contributed by atoms with Crippen LogP contribution in [0.1, 0.15) is 17.3 Å². The van der Waals surface area contributed by atoms with Crippen LogP contribution in [0, 0.1) is 6.92 Å². The molecule has 1 aliphatic heterocycles. The number of carbonyl (C=O) groups excluding carboxylic acids is 1. The molecule has 0 aliphatic carbocycles. The van der Waals surface area contributed by atoms with Gasteiger partial charge in [0.15, 0.2) is 17.3 Å². The minimum absolute atomic E-state index is 0.0143. The number of benzene rings is 2. The number of hydrogen-bond donors (Lipinski definition) is 0. The first kappa shape index (κ1) is 21.0. The van der Waals surface area contributed by atoms with Crippen molar-refractivity contribution < 1.29 is 18.8 Å². The minimum atomic E-state index is -0.0143. The van der Waals surface area contributed by atoms with Gasteiger partial charge in [-0.1, -0.05) is 47.6 Å². The Labute approximate surface area is 185 Å². The number of carbonyl (C=O) groups is 1. The highest BCUT2D eigenvalue weighted by Crippen LogP contribution is 2.34. The lowest BCUT2D eigenvalue weighted by Gasteiger charge is -2.24. The Morgan fingerprint density at radius 3 is 2.71 bits per heavy atom. The quantitative estimate of drug-likeness (QED) is 0.524. The van der Waals surface area contributed by atoms with Crippen LogP contribution in [0.2, 0.25) is 0 Å². The monoisotopic (exact) mass is 437 g/mol. The molecule has 3 aromatic rings. The van der Waals surface area contributed by atoms with Crippen LogP contribution in [-0.2, 0) is 10.5 Å². The number of rotatable bonds is 8. The van der Waals surface area contributed by atoms with Gasteiger partial charge in [-0.2, -0.15) is 4.98 Å². The first-order chi connectivity index (χ1) is 15.2. The van der Waals surface area contributed by atoms with Crippen molar-refractivity contribution in [2.75, 3.05) is 30.4 Å². The van der Waals surface area contributed by atoms with Gasteiger partial charge in [-0.15, -0.1) is 11.8 Å². The molecule has 0 bridgehead atoms. The van der Waals surface area contributed by atoms with Crippen molar-refractivity contribution in [2.45, 2.75) is 12.7 Å². The summed E-state index contributed by atoms with van der Waals surface area (Å²) in [6.07, 6.45) is 3.99. The molecule has 4 rings (SSSR count). The maximum absolute atomic E-state index is 13.1. The molecule has 0 fully saturated rings. The van der Waals surface area contributed by atoms with Crippen LogP contribution >= 0.6 is 11.8 Å².